The number of carbonyl (C=O) groups excluding carboxylic acids is 2. The first-order valence-electron chi connectivity index (χ1n) is 33.9. The Morgan fingerprint density at radius 1 is 0.311 bits per heavy atom. The average Bonchev–Trinajstić information content (AvgIpc) is 3.40. The average molecular weight is 1040 g/mol. The van der Waals surface area contributed by atoms with Gasteiger partial charge in [0.2, 0.25) is 0 Å². The molecule has 0 heterocycles. The predicted octanol–water partition coefficient (Wildman–Crippen LogP) is 23.2. The molecule has 0 aliphatic rings. The number of ether oxygens (including phenoxy) is 2. The molecule has 0 spiro atoms. The first-order chi connectivity index (χ1) is 36.6. The highest BCUT2D eigenvalue weighted by atomic mass is 16.6. The topological polar surface area (TPSA) is 72.8 Å². The molecule has 0 rings (SSSR count). The van der Waals surface area contributed by atoms with Crippen LogP contribution in [0.25, 0.3) is 0 Å². The molecule has 5 heteroatoms. The van der Waals surface area contributed by atoms with Crippen molar-refractivity contribution in [2.45, 2.75) is 392 Å². The molecule has 1 N–H and O–H groups in total. The fourth-order valence-electron chi connectivity index (χ4n) is 10.7. The number of rotatable bonds is 64. The van der Waals surface area contributed by atoms with Gasteiger partial charge in [-0.15, -0.1) is 0 Å². The van der Waals surface area contributed by atoms with Gasteiger partial charge in [-0.2, -0.15) is 0 Å². The SMILES string of the molecule is CCCCCCC/C=C\C/C=C\CCCCCCCCCCCCCC(=O)OC(CO)COC(=O)CCCCCCCCCCCCCCCCCCCCCCCCCCCCCCCCCCCCCCC. The van der Waals surface area contributed by atoms with Gasteiger partial charge in [-0.25, -0.2) is 0 Å². The third-order valence-corrected chi connectivity index (χ3v) is 15.7. The normalized spacial score (nSPS) is 12.2. The van der Waals surface area contributed by atoms with Crippen molar-refractivity contribution in [1.29, 1.82) is 0 Å². The molecule has 1 atom stereocenters. The van der Waals surface area contributed by atoms with Crippen LogP contribution < -0.4 is 0 Å². The van der Waals surface area contributed by atoms with E-state index in [-0.39, 0.29) is 25.2 Å². The fourth-order valence-corrected chi connectivity index (χ4v) is 10.7. The summed E-state index contributed by atoms with van der Waals surface area (Å²) in [6, 6.07) is 0. The lowest BCUT2D eigenvalue weighted by Crippen LogP contribution is -2.28. The third kappa shape index (κ3) is 62.9. The van der Waals surface area contributed by atoms with Crippen LogP contribution in [-0.2, 0) is 19.1 Å². The van der Waals surface area contributed by atoms with E-state index in [9.17, 15) is 14.7 Å². The van der Waals surface area contributed by atoms with Gasteiger partial charge in [0.1, 0.15) is 6.61 Å². The Morgan fingerprint density at radius 3 is 0.797 bits per heavy atom. The quantitative estimate of drug-likeness (QED) is 0.0373. The highest BCUT2D eigenvalue weighted by Gasteiger charge is 2.16. The maximum Gasteiger partial charge on any atom is 0.306 e. The summed E-state index contributed by atoms with van der Waals surface area (Å²) in [5, 5.41) is 9.68. The van der Waals surface area contributed by atoms with E-state index >= 15 is 0 Å². The molecule has 74 heavy (non-hydrogen) atoms. The monoisotopic (exact) mass is 1040 g/mol. The van der Waals surface area contributed by atoms with E-state index in [1.54, 1.807) is 0 Å². The van der Waals surface area contributed by atoms with Crippen LogP contribution in [0.5, 0.6) is 0 Å². The highest BCUT2D eigenvalue weighted by Crippen LogP contribution is 2.19. The van der Waals surface area contributed by atoms with E-state index in [0.29, 0.717) is 12.8 Å². The van der Waals surface area contributed by atoms with Crippen LogP contribution in [0.1, 0.15) is 386 Å². The molecule has 0 fully saturated rings. The summed E-state index contributed by atoms with van der Waals surface area (Å²) in [6.45, 7) is 4.19. The number of aliphatic hydroxyl groups excluding tert-OH is 1. The summed E-state index contributed by atoms with van der Waals surface area (Å²) < 4.78 is 10.7. The van der Waals surface area contributed by atoms with E-state index < -0.39 is 6.10 Å². The van der Waals surface area contributed by atoms with Crippen molar-refractivity contribution in [3.63, 3.8) is 0 Å². The van der Waals surface area contributed by atoms with Gasteiger partial charge < -0.3 is 14.6 Å². The predicted molar refractivity (Wildman–Crippen MR) is 325 cm³/mol. The van der Waals surface area contributed by atoms with Crippen molar-refractivity contribution in [3.05, 3.63) is 24.3 Å². The van der Waals surface area contributed by atoms with Crippen molar-refractivity contribution in [1.82, 2.24) is 0 Å². The Hall–Kier alpha value is -1.62. The fraction of sp³-hybridized carbons (Fsp3) is 0.913. The summed E-state index contributed by atoms with van der Waals surface area (Å²) in [7, 11) is 0. The lowest BCUT2D eigenvalue weighted by molar-refractivity contribution is -0.161. The lowest BCUT2D eigenvalue weighted by atomic mass is 10.0. The maximum atomic E-state index is 12.3. The zero-order valence-electron chi connectivity index (χ0n) is 50.4. The Morgan fingerprint density at radius 2 is 0.541 bits per heavy atom. The van der Waals surface area contributed by atoms with Gasteiger partial charge in [-0.05, 0) is 44.9 Å². The standard InChI is InChI=1S/C69H132O5/c1-3-5-7-9-11-13-15-17-19-21-23-25-27-28-29-30-31-32-33-34-35-36-37-38-39-40-42-43-45-47-49-51-53-55-57-59-61-63-68(71)73-66-67(65-70)74-69(72)64-62-60-58-56-54-52-50-48-46-44-41-26-24-22-20-18-16-14-12-10-8-6-4-2/h16,18,22,24,67,70H,3-15,17,19-21,23,25-66H2,1-2H3/b18-16-,24-22-. The maximum absolute atomic E-state index is 12.3. The molecule has 438 valence electrons. The molecule has 1 unspecified atom stereocenters. The van der Waals surface area contributed by atoms with Crippen molar-refractivity contribution in [3.8, 4) is 0 Å². The van der Waals surface area contributed by atoms with Gasteiger partial charge >= 0.3 is 11.9 Å². The van der Waals surface area contributed by atoms with E-state index in [0.717, 1.165) is 38.5 Å². The Bertz CT molecular complexity index is 1130. The van der Waals surface area contributed by atoms with Gasteiger partial charge in [0.15, 0.2) is 6.10 Å². The molecule has 0 bridgehead atoms. The van der Waals surface area contributed by atoms with Gasteiger partial charge in [0.25, 0.3) is 0 Å². The molecule has 0 aliphatic heterocycles. The van der Waals surface area contributed by atoms with Gasteiger partial charge in [-0.3, -0.25) is 9.59 Å². The smallest absolute Gasteiger partial charge is 0.306 e. The molecule has 0 aromatic heterocycles. The van der Waals surface area contributed by atoms with Crippen molar-refractivity contribution in [2.75, 3.05) is 13.2 Å². The Balaban J connectivity index is 3.36. The molecular weight excluding hydrogens is 909 g/mol. The summed E-state index contributed by atoms with van der Waals surface area (Å²) in [5.74, 6) is -0.570. The first kappa shape index (κ1) is 72.4. The molecular formula is C69H132O5. The summed E-state index contributed by atoms with van der Waals surface area (Å²) in [5.41, 5.74) is 0. The largest absolute Gasteiger partial charge is 0.462 e. The summed E-state index contributed by atoms with van der Waals surface area (Å²) in [6.07, 6.45) is 85.0. The molecule has 0 aromatic carbocycles. The number of hydrogen-bond acceptors (Lipinski definition) is 5. The number of carbonyl (C=O) groups is 2. The van der Waals surface area contributed by atoms with E-state index in [2.05, 4.69) is 38.2 Å². The van der Waals surface area contributed by atoms with Crippen LogP contribution >= 0.6 is 0 Å². The van der Waals surface area contributed by atoms with Gasteiger partial charge in [0.05, 0.1) is 6.61 Å². The van der Waals surface area contributed by atoms with E-state index in [1.807, 2.05) is 0 Å². The van der Waals surface area contributed by atoms with Gasteiger partial charge in [0, 0.05) is 12.8 Å². The number of esters is 2. The minimum Gasteiger partial charge on any atom is -0.462 e. The third-order valence-electron chi connectivity index (χ3n) is 15.7. The summed E-state index contributed by atoms with van der Waals surface area (Å²) >= 11 is 0. The molecule has 0 amide bonds. The second-order valence-corrected chi connectivity index (χ2v) is 23.3. The molecule has 0 aliphatic carbocycles. The molecule has 0 radical (unpaired) electrons. The zero-order valence-corrected chi connectivity index (χ0v) is 50.4. The van der Waals surface area contributed by atoms with Crippen molar-refractivity contribution >= 4 is 11.9 Å². The minimum absolute atomic E-state index is 0.0605. The number of aliphatic hydroxyl groups is 1. The lowest BCUT2D eigenvalue weighted by Gasteiger charge is -2.15. The molecule has 0 saturated carbocycles. The number of hydrogen-bond donors (Lipinski definition) is 1. The number of allylic oxidation sites excluding steroid dienone is 4. The summed E-state index contributed by atoms with van der Waals surface area (Å²) in [4.78, 5) is 24.6. The van der Waals surface area contributed by atoms with Gasteiger partial charge in [-0.1, -0.05) is 353 Å². The highest BCUT2D eigenvalue weighted by molar-refractivity contribution is 5.70. The van der Waals surface area contributed by atoms with Crippen LogP contribution in [0, 0.1) is 0 Å². The number of unbranched alkanes of at least 4 members (excludes halogenated alkanes) is 52. The van der Waals surface area contributed by atoms with E-state index in [1.165, 1.54) is 321 Å². The Labute approximate surface area is 464 Å². The van der Waals surface area contributed by atoms with Crippen LogP contribution in [0.3, 0.4) is 0 Å². The second-order valence-electron chi connectivity index (χ2n) is 23.3. The molecule has 0 aromatic rings. The van der Waals surface area contributed by atoms with Crippen molar-refractivity contribution < 1.29 is 24.2 Å². The van der Waals surface area contributed by atoms with E-state index in [4.69, 9.17) is 9.47 Å². The molecule has 5 nitrogen and oxygen atoms in total. The van der Waals surface area contributed by atoms with Crippen LogP contribution in [-0.4, -0.2) is 36.4 Å². The second kappa shape index (κ2) is 65.7. The minimum atomic E-state index is -0.771. The first-order valence-corrected chi connectivity index (χ1v) is 33.9. The zero-order chi connectivity index (χ0) is 53.4. The van der Waals surface area contributed by atoms with Crippen molar-refractivity contribution in [2.24, 2.45) is 0 Å². The van der Waals surface area contributed by atoms with Crippen LogP contribution in [0.2, 0.25) is 0 Å². The van der Waals surface area contributed by atoms with Crippen LogP contribution in [0.4, 0.5) is 0 Å². The molecule has 0 saturated heterocycles. The Kier molecular flexibility index (Phi) is 64.2. The van der Waals surface area contributed by atoms with Crippen LogP contribution in [0.15, 0.2) is 24.3 Å².